The van der Waals surface area contributed by atoms with Crippen LogP contribution in [0.2, 0.25) is 0 Å². The summed E-state index contributed by atoms with van der Waals surface area (Å²) in [6.45, 7) is 4.57. The van der Waals surface area contributed by atoms with Crippen LogP contribution >= 0.6 is 11.3 Å². The van der Waals surface area contributed by atoms with Gasteiger partial charge in [-0.1, -0.05) is 13.3 Å². The summed E-state index contributed by atoms with van der Waals surface area (Å²) in [6.07, 6.45) is 1.79. The first-order valence-corrected chi connectivity index (χ1v) is 8.15. The summed E-state index contributed by atoms with van der Waals surface area (Å²) in [6, 6.07) is 1.87. The van der Waals surface area contributed by atoms with Crippen molar-refractivity contribution in [1.82, 2.24) is 15.1 Å². The fraction of sp³-hybridized carbons (Fsp3) is 0.400. The minimum atomic E-state index is -0.339. The van der Waals surface area contributed by atoms with Crippen molar-refractivity contribution in [3.8, 4) is 5.75 Å². The van der Waals surface area contributed by atoms with Gasteiger partial charge in [0.1, 0.15) is 16.3 Å². The molecule has 0 N–H and O–H groups in total. The van der Waals surface area contributed by atoms with Crippen molar-refractivity contribution in [2.45, 2.75) is 26.7 Å². The molecule has 0 fully saturated rings. The maximum atomic E-state index is 12.3. The topological polar surface area (TPSA) is 70.6 Å². The number of rotatable bonds is 5. The highest BCUT2D eigenvalue weighted by atomic mass is 32.1. The Hall–Kier alpha value is -2.15. The van der Waals surface area contributed by atoms with E-state index in [0.717, 1.165) is 23.4 Å². The van der Waals surface area contributed by atoms with E-state index >= 15 is 0 Å². The number of hydrogen-bond acceptors (Lipinski definition) is 5. The van der Waals surface area contributed by atoms with Crippen molar-refractivity contribution in [1.29, 1.82) is 0 Å². The third-order valence-electron chi connectivity index (χ3n) is 3.38. The molecule has 0 aromatic carbocycles. The zero-order chi connectivity index (χ0) is 15.7. The van der Waals surface area contributed by atoms with E-state index < -0.39 is 0 Å². The van der Waals surface area contributed by atoms with Crippen molar-refractivity contribution in [2.24, 2.45) is 12.0 Å². The van der Waals surface area contributed by atoms with Crippen LogP contribution in [-0.4, -0.2) is 28.1 Å². The molecule has 0 unspecified atom stereocenters. The number of ether oxygens (including phenoxy) is 1. The number of nitrogens with zero attached hydrogens (tertiary/aromatic N) is 4. The standard InChI is InChI=1S/C15H17N4O2S/c1-4-6-9-11-12(18-19(9)3)15(20)17-14(16-11)13-10(21-5-2)7-8-22-13/h7-8H,4-6H2,1-3H3. The SMILES string of the molecule is CCCc1c2c(nn1C)C(=O)[N]C(c1sccc1OCC)=N2. The molecule has 2 aromatic rings. The summed E-state index contributed by atoms with van der Waals surface area (Å²) in [7, 11) is 1.84. The molecule has 6 nitrogen and oxygen atoms in total. The molecule has 22 heavy (non-hydrogen) atoms. The molecule has 0 bridgehead atoms. The molecule has 1 aliphatic heterocycles. The molecule has 2 aromatic heterocycles. The van der Waals surface area contributed by atoms with Crippen LogP contribution in [0.25, 0.3) is 0 Å². The maximum absolute atomic E-state index is 12.3. The molecule has 1 aliphatic rings. The monoisotopic (exact) mass is 317 g/mol. The second kappa shape index (κ2) is 5.92. The number of carbonyl (C=O) groups excluding carboxylic acids is 1. The van der Waals surface area contributed by atoms with Gasteiger partial charge in [0.2, 0.25) is 0 Å². The van der Waals surface area contributed by atoms with Gasteiger partial charge in [0.05, 0.1) is 12.3 Å². The average Bonchev–Trinajstić information content (AvgIpc) is 3.06. The second-order valence-electron chi connectivity index (χ2n) is 4.92. The minimum absolute atomic E-state index is 0.337. The van der Waals surface area contributed by atoms with Gasteiger partial charge in [-0.2, -0.15) is 10.4 Å². The third kappa shape index (κ3) is 2.41. The van der Waals surface area contributed by atoms with Gasteiger partial charge in [-0.15, -0.1) is 11.3 Å². The fourth-order valence-corrected chi connectivity index (χ4v) is 3.21. The molecule has 0 saturated heterocycles. The van der Waals surface area contributed by atoms with Crippen LogP contribution < -0.4 is 10.1 Å². The molecule has 0 spiro atoms. The summed E-state index contributed by atoms with van der Waals surface area (Å²) in [5, 5.41) is 10.3. The van der Waals surface area contributed by atoms with Crippen LogP contribution in [0.4, 0.5) is 5.69 Å². The van der Waals surface area contributed by atoms with Gasteiger partial charge in [-0.25, -0.2) is 4.99 Å². The Labute approximate surface area is 132 Å². The number of amidine groups is 1. The summed E-state index contributed by atoms with van der Waals surface area (Å²) < 4.78 is 7.30. The van der Waals surface area contributed by atoms with Crippen molar-refractivity contribution in [2.75, 3.05) is 6.61 Å². The smallest absolute Gasteiger partial charge is 0.301 e. The Bertz CT molecular complexity index is 745. The molecule has 115 valence electrons. The molecule has 7 heteroatoms. The first-order valence-electron chi connectivity index (χ1n) is 7.27. The number of aryl methyl sites for hydroxylation is 1. The molecule has 3 rings (SSSR count). The largest absolute Gasteiger partial charge is 0.492 e. The number of carbonyl (C=O) groups is 1. The highest BCUT2D eigenvalue weighted by molar-refractivity contribution is 7.12. The van der Waals surface area contributed by atoms with E-state index in [-0.39, 0.29) is 5.91 Å². The van der Waals surface area contributed by atoms with Gasteiger partial charge >= 0.3 is 5.91 Å². The van der Waals surface area contributed by atoms with Crippen LogP contribution in [0.3, 0.4) is 0 Å². The van der Waals surface area contributed by atoms with Crippen molar-refractivity contribution >= 4 is 28.8 Å². The Morgan fingerprint density at radius 3 is 2.91 bits per heavy atom. The number of fused-ring (bicyclic) bond motifs is 1. The summed E-state index contributed by atoms with van der Waals surface area (Å²) in [5.74, 6) is 0.794. The van der Waals surface area contributed by atoms with Gasteiger partial charge in [0.25, 0.3) is 0 Å². The predicted octanol–water partition coefficient (Wildman–Crippen LogP) is 2.67. The van der Waals surface area contributed by atoms with Crippen molar-refractivity contribution in [3.63, 3.8) is 0 Å². The van der Waals surface area contributed by atoms with Gasteiger partial charge < -0.3 is 4.74 Å². The Morgan fingerprint density at radius 1 is 1.36 bits per heavy atom. The fourth-order valence-electron chi connectivity index (χ4n) is 2.44. The normalized spacial score (nSPS) is 13.6. The number of thiophene rings is 1. The van der Waals surface area contributed by atoms with E-state index in [2.05, 4.69) is 22.3 Å². The second-order valence-corrected chi connectivity index (χ2v) is 5.83. The van der Waals surface area contributed by atoms with Crippen LogP contribution in [0, 0.1) is 0 Å². The Morgan fingerprint density at radius 2 is 2.18 bits per heavy atom. The van der Waals surface area contributed by atoms with E-state index in [0.29, 0.717) is 29.6 Å². The lowest BCUT2D eigenvalue weighted by Crippen LogP contribution is -2.27. The van der Waals surface area contributed by atoms with Crippen LogP contribution in [0.15, 0.2) is 16.4 Å². The summed E-state index contributed by atoms with van der Waals surface area (Å²) in [5.41, 5.74) is 1.95. The van der Waals surface area contributed by atoms with Crippen LogP contribution in [0.1, 0.15) is 41.3 Å². The van der Waals surface area contributed by atoms with E-state index in [1.807, 2.05) is 25.4 Å². The molecule has 0 aliphatic carbocycles. The van der Waals surface area contributed by atoms with E-state index in [1.54, 1.807) is 4.68 Å². The molecule has 0 atom stereocenters. The Kier molecular flexibility index (Phi) is 3.98. The third-order valence-corrected chi connectivity index (χ3v) is 4.28. The quantitative estimate of drug-likeness (QED) is 0.851. The van der Waals surface area contributed by atoms with Gasteiger partial charge in [0.15, 0.2) is 11.5 Å². The lowest BCUT2D eigenvalue weighted by atomic mass is 10.1. The molecular formula is C15H17N4O2S. The lowest BCUT2D eigenvalue weighted by Gasteiger charge is -2.11. The van der Waals surface area contributed by atoms with Crippen molar-refractivity contribution < 1.29 is 9.53 Å². The molecular weight excluding hydrogens is 300 g/mol. The highest BCUT2D eigenvalue weighted by Crippen LogP contribution is 2.32. The first-order chi connectivity index (χ1) is 10.7. The molecule has 3 heterocycles. The van der Waals surface area contributed by atoms with E-state index in [1.165, 1.54) is 11.3 Å². The minimum Gasteiger partial charge on any atom is -0.492 e. The molecule has 0 saturated carbocycles. The number of hydrogen-bond donors (Lipinski definition) is 0. The summed E-state index contributed by atoms with van der Waals surface area (Å²) in [4.78, 5) is 17.7. The zero-order valence-corrected chi connectivity index (χ0v) is 13.6. The summed E-state index contributed by atoms with van der Waals surface area (Å²) >= 11 is 1.47. The van der Waals surface area contributed by atoms with E-state index in [4.69, 9.17) is 4.74 Å². The predicted molar refractivity (Wildman–Crippen MR) is 85.4 cm³/mol. The highest BCUT2D eigenvalue weighted by Gasteiger charge is 2.30. The van der Waals surface area contributed by atoms with Crippen LogP contribution in [-0.2, 0) is 13.5 Å². The Balaban J connectivity index is 2.08. The maximum Gasteiger partial charge on any atom is 0.301 e. The molecule has 1 amide bonds. The average molecular weight is 317 g/mol. The zero-order valence-electron chi connectivity index (χ0n) is 12.8. The number of aromatic nitrogens is 2. The number of amides is 1. The number of aliphatic imine (C=N–C) groups is 1. The molecule has 1 radical (unpaired) electrons. The van der Waals surface area contributed by atoms with Gasteiger partial charge in [-0.05, 0) is 24.8 Å². The first kappa shape index (κ1) is 14.8. The van der Waals surface area contributed by atoms with E-state index in [9.17, 15) is 4.79 Å². The van der Waals surface area contributed by atoms with Gasteiger partial charge in [0, 0.05) is 7.05 Å². The van der Waals surface area contributed by atoms with Crippen LogP contribution in [0.5, 0.6) is 5.75 Å². The van der Waals surface area contributed by atoms with Gasteiger partial charge in [-0.3, -0.25) is 9.48 Å². The van der Waals surface area contributed by atoms with Crippen molar-refractivity contribution in [3.05, 3.63) is 27.7 Å². The lowest BCUT2D eigenvalue weighted by molar-refractivity contribution is 0.0967.